The molecule has 0 aliphatic heterocycles. The Morgan fingerprint density at radius 2 is 1.45 bits per heavy atom. The van der Waals surface area contributed by atoms with Crippen molar-refractivity contribution >= 4 is 35.2 Å². The van der Waals surface area contributed by atoms with Crippen molar-refractivity contribution in [2.45, 2.75) is 20.1 Å². The van der Waals surface area contributed by atoms with Gasteiger partial charge in [0.2, 0.25) is 0 Å². The maximum Gasteiger partial charge on any atom is 0.330 e. The highest BCUT2D eigenvalue weighted by Gasteiger charge is 2.12. The van der Waals surface area contributed by atoms with Gasteiger partial charge in [-0.25, -0.2) is 4.79 Å². The van der Waals surface area contributed by atoms with Crippen LogP contribution in [-0.2, 0) is 22.7 Å². The van der Waals surface area contributed by atoms with Crippen molar-refractivity contribution in [3.05, 3.63) is 99.5 Å². The monoisotopic (exact) mass is 456 g/mol. The second kappa shape index (κ2) is 11.4. The van der Waals surface area contributed by atoms with E-state index >= 15 is 0 Å². The van der Waals surface area contributed by atoms with Gasteiger partial charge < -0.3 is 14.2 Å². The Hall–Kier alpha value is -2.95. The Morgan fingerprint density at radius 1 is 0.839 bits per heavy atom. The van der Waals surface area contributed by atoms with Gasteiger partial charge in [0.15, 0.2) is 11.5 Å². The first kappa shape index (κ1) is 22.7. The summed E-state index contributed by atoms with van der Waals surface area (Å²) in [5, 5.41) is 1.24. The standard InChI is InChI=1S/C25H22Cl2O4/c1-2-29-24(28)15-14-18-10-7-13-23(30-16-19-8-3-5-11-21(19)26)25(18)31-17-20-9-4-6-12-22(20)27/h3-15H,2,16-17H2,1H3/b15-14+. The highest BCUT2D eigenvalue weighted by Crippen LogP contribution is 2.34. The molecule has 0 aromatic heterocycles. The van der Waals surface area contributed by atoms with E-state index in [-0.39, 0.29) is 13.2 Å². The average Bonchev–Trinajstić information content (AvgIpc) is 2.77. The molecular weight excluding hydrogens is 435 g/mol. The second-order valence-corrected chi connectivity index (χ2v) is 7.33. The quantitative estimate of drug-likeness (QED) is 0.264. The van der Waals surface area contributed by atoms with E-state index in [1.807, 2.05) is 60.7 Å². The Morgan fingerprint density at radius 3 is 2.06 bits per heavy atom. The van der Waals surface area contributed by atoms with Gasteiger partial charge in [0.25, 0.3) is 0 Å². The SMILES string of the molecule is CCOC(=O)/C=C/c1cccc(OCc2ccccc2Cl)c1OCc1ccccc1Cl. The zero-order valence-corrected chi connectivity index (χ0v) is 18.5. The highest BCUT2D eigenvalue weighted by atomic mass is 35.5. The topological polar surface area (TPSA) is 44.8 Å². The van der Waals surface area contributed by atoms with E-state index in [0.717, 1.165) is 11.1 Å². The smallest absolute Gasteiger partial charge is 0.330 e. The van der Waals surface area contributed by atoms with Gasteiger partial charge in [-0.1, -0.05) is 71.7 Å². The van der Waals surface area contributed by atoms with E-state index in [2.05, 4.69) is 0 Å². The van der Waals surface area contributed by atoms with Crippen LogP contribution in [0.25, 0.3) is 6.08 Å². The second-order valence-electron chi connectivity index (χ2n) is 6.52. The predicted molar refractivity (Wildman–Crippen MR) is 124 cm³/mol. The number of ether oxygens (including phenoxy) is 3. The van der Waals surface area contributed by atoms with Crippen LogP contribution >= 0.6 is 23.2 Å². The van der Waals surface area contributed by atoms with Crippen LogP contribution in [0.3, 0.4) is 0 Å². The van der Waals surface area contributed by atoms with Crippen LogP contribution < -0.4 is 9.47 Å². The fourth-order valence-electron chi connectivity index (χ4n) is 2.82. The van der Waals surface area contributed by atoms with E-state index in [1.54, 1.807) is 19.1 Å². The fourth-order valence-corrected chi connectivity index (χ4v) is 3.20. The van der Waals surface area contributed by atoms with Crippen LogP contribution in [-0.4, -0.2) is 12.6 Å². The van der Waals surface area contributed by atoms with Crippen LogP contribution in [0, 0.1) is 0 Å². The van der Waals surface area contributed by atoms with E-state index in [1.165, 1.54) is 6.08 Å². The van der Waals surface area contributed by atoms with Crippen molar-refractivity contribution in [1.82, 2.24) is 0 Å². The third-order valence-electron chi connectivity index (χ3n) is 4.37. The van der Waals surface area contributed by atoms with Gasteiger partial charge in [0.1, 0.15) is 13.2 Å². The molecule has 4 nitrogen and oxygen atoms in total. The highest BCUT2D eigenvalue weighted by molar-refractivity contribution is 6.31. The number of rotatable bonds is 9. The number of hydrogen-bond donors (Lipinski definition) is 0. The lowest BCUT2D eigenvalue weighted by Gasteiger charge is -2.16. The number of carbonyl (C=O) groups is 1. The van der Waals surface area contributed by atoms with Crippen molar-refractivity contribution in [1.29, 1.82) is 0 Å². The van der Waals surface area contributed by atoms with Crippen LogP contribution in [0.2, 0.25) is 10.0 Å². The van der Waals surface area contributed by atoms with Gasteiger partial charge in [-0.05, 0) is 31.2 Å². The first-order chi connectivity index (χ1) is 15.1. The van der Waals surface area contributed by atoms with E-state index in [0.29, 0.717) is 33.7 Å². The molecule has 0 amide bonds. The van der Waals surface area contributed by atoms with Crippen molar-refractivity contribution < 1.29 is 19.0 Å². The number of halogens is 2. The van der Waals surface area contributed by atoms with Crippen molar-refractivity contribution in [3.8, 4) is 11.5 Å². The van der Waals surface area contributed by atoms with E-state index < -0.39 is 5.97 Å². The van der Waals surface area contributed by atoms with Gasteiger partial charge in [-0.3, -0.25) is 0 Å². The van der Waals surface area contributed by atoms with E-state index in [9.17, 15) is 4.79 Å². The lowest BCUT2D eigenvalue weighted by atomic mass is 10.1. The minimum Gasteiger partial charge on any atom is -0.485 e. The molecule has 3 rings (SSSR count). The lowest BCUT2D eigenvalue weighted by Crippen LogP contribution is -2.03. The Kier molecular flexibility index (Phi) is 8.39. The summed E-state index contributed by atoms with van der Waals surface area (Å²) in [7, 11) is 0. The van der Waals surface area contributed by atoms with Crippen LogP contribution in [0.1, 0.15) is 23.6 Å². The Balaban J connectivity index is 1.87. The molecule has 0 atom stereocenters. The van der Waals surface area contributed by atoms with Gasteiger partial charge in [-0.2, -0.15) is 0 Å². The van der Waals surface area contributed by atoms with Crippen molar-refractivity contribution in [2.24, 2.45) is 0 Å². The van der Waals surface area contributed by atoms with E-state index in [4.69, 9.17) is 37.4 Å². The molecule has 0 aliphatic rings. The Bertz CT molecular complexity index is 1060. The number of esters is 1. The summed E-state index contributed by atoms with van der Waals surface area (Å²) < 4.78 is 17.1. The molecule has 160 valence electrons. The summed E-state index contributed by atoms with van der Waals surface area (Å²) in [6, 6.07) is 20.4. The summed E-state index contributed by atoms with van der Waals surface area (Å²) in [5.41, 5.74) is 2.37. The first-order valence-electron chi connectivity index (χ1n) is 9.78. The third-order valence-corrected chi connectivity index (χ3v) is 5.10. The maximum atomic E-state index is 11.8. The maximum absolute atomic E-state index is 11.8. The third kappa shape index (κ3) is 6.51. The lowest BCUT2D eigenvalue weighted by molar-refractivity contribution is -0.137. The van der Waals surface area contributed by atoms with Crippen LogP contribution in [0.15, 0.2) is 72.8 Å². The molecule has 6 heteroatoms. The van der Waals surface area contributed by atoms with Gasteiger partial charge in [0.05, 0.1) is 6.61 Å². The summed E-state index contributed by atoms with van der Waals surface area (Å²) in [6.07, 6.45) is 3.00. The molecule has 0 unspecified atom stereocenters. The zero-order chi connectivity index (χ0) is 22.1. The molecule has 0 bridgehead atoms. The van der Waals surface area contributed by atoms with Gasteiger partial charge in [-0.15, -0.1) is 0 Å². The minimum atomic E-state index is -0.429. The summed E-state index contributed by atoms with van der Waals surface area (Å²) in [6.45, 7) is 2.58. The average molecular weight is 457 g/mol. The van der Waals surface area contributed by atoms with Crippen LogP contribution in [0.4, 0.5) is 0 Å². The number of benzene rings is 3. The molecule has 0 heterocycles. The molecule has 0 fully saturated rings. The molecule has 0 radical (unpaired) electrons. The molecule has 0 N–H and O–H groups in total. The molecule has 3 aromatic carbocycles. The van der Waals surface area contributed by atoms with Gasteiger partial charge in [0, 0.05) is 32.8 Å². The van der Waals surface area contributed by atoms with Crippen molar-refractivity contribution in [3.63, 3.8) is 0 Å². The molecule has 0 spiro atoms. The molecule has 0 aliphatic carbocycles. The minimum absolute atomic E-state index is 0.242. The zero-order valence-electron chi connectivity index (χ0n) is 17.0. The Labute approximate surface area is 192 Å². The van der Waals surface area contributed by atoms with Gasteiger partial charge >= 0.3 is 5.97 Å². The van der Waals surface area contributed by atoms with Crippen LogP contribution in [0.5, 0.6) is 11.5 Å². The molecule has 3 aromatic rings. The predicted octanol–water partition coefficient (Wildman–Crippen LogP) is 6.73. The number of para-hydroxylation sites is 1. The summed E-state index contributed by atoms with van der Waals surface area (Å²) >= 11 is 12.5. The molecule has 0 saturated carbocycles. The number of hydrogen-bond acceptors (Lipinski definition) is 4. The summed E-state index contributed by atoms with van der Waals surface area (Å²) in [5.74, 6) is 0.593. The summed E-state index contributed by atoms with van der Waals surface area (Å²) in [4.78, 5) is 11.8. The molecule has 0 saturated heterocycles. The normalized spacial score (nSPS) is 10.8. The van der Waals surface area contributed by atoms with Crippen molar-refractivity contribution in [2.75, 3.05) is 6.61 Å². The largest absolute Gasteiger partial charge is 0.485 e. The first-order valence-corrected chi connectivity index (χ1v) is 10.5. The number of carbonyl (C=O) groups excluding carboxylic acids is 1. The molecule has 31 heavy (non-hydrogen) atoms. The fraction of sp³-hybridized carbons (Fsp3) is 0.160. The molecular formula is C25H22Cl2O4.